The first kappa shape index (κ1) is 14.4. The van der Waals surface area contributed by atoms with Gasteiger partial charge in [-0.25, -0.2) is 4.39 Å². The van der Waals surface area contributed by atoms with E-state index in [1.165, 1.54) is 11.6 Å². The molecule has 20 heavy (non-hydrogen) atoms. The Morgan fingerprint density at radius 3 is 2.55 bits per heavy atom. The van der Waals surface area contributed by atoms with Gasteiger partial charge >= 0.3 is 0 Å². The Kier molecular flexibility index (Phi) is 4.28. The number of phenols is 1. The van der Waals surface area contributed by atoms with Crippen LogP contribution in [0.15, 0.2) is 42.5 Å². The van der Waals surface area contributed by atoms with Crippen molar-refractivity contribution in [3.8, 4) is 5.75 Å². The van der Waals surface area contributed by atoms with Gasteiger partial charge in [0.15, 0.2) is 0 Å². The molecule has 0 saturated heterocycles. The predicted octanol–water partition coefficient (Wildman–Crippen LogP) is 4.43. The zero-order chi connectivity index (χ0) is 14.7. The Labute approximate surface area is 119 Å². The number of anilines is 1. The summed E-state index contributed by atoms with van der Waals surface area (Å²) in [6.45, 7) is 6.85. The summed E-state index contributed by atoms with van der Waals surface area (Å²) in [7, 11) is 0. The molecule has 0 spiro atoms. The number of aryl methyl sites for hydroxylation is 1. The topological polar surface area (TPSA) is 23.5 Å². The molecule has 1 unspecified atom stereocenters. The number of halogens is 1. The van der Waals surface area contributed by atoms with E-state index < -0.39 is 0 Å². The molecule has 1 N–H and O–H groups in total. The number of rotatable bonds is 4. The molecule has 0 fully saturated rings. The maximum atomic E-state index is 14.0. The molecule has 0 aromatic heterocycles. The fraction of sp³-hybridized carbons (Fsp3) is 0.294. The first-order valence-corrected chi connectivity index (χ1v) is 6.84. The third kappa shape index (κ3) is 2.93. The second kappa shape index (κ2) is 5.95. The average molecular weight is 273 g/mol. The summed E-state index contributed by atoms with van der Waals surface area (Å²) in [5.41, 5.74) is 2.85. The van der Waals surface area contributed by atoms with Crippen molar-refractivity contribution in [1.29, 1.82) is 0 Å². The van der Waals surface area contributed by atoms with E-state index in [9.17, 15) is 9.50 Å². The third-order valence-electron chi connectivity index (χ3n) is 3.58. The average Bonchev–Trinajstić information content (AvgIpc) is 2.39. The summed E-state index contributed by atoms with van der Waals surface area (Å²) in [6, 6.07) is 12.4. The van der Waals surface area contributed by atoms with E-state index in [4.69, 9.17) is 0 Å². The number of aromatic hydroxyl groups is 1. The monoisotopic (exact) mass is 273 g/mol. The van der Waals surface area contributed by atoms with Gasteiger partial charge in [0.2, 0.25) is 0 Å². The van der Waals surface area contributed by atoms with Crippen LogP contribution >= 0.6 is 0 Å². The van der Waals surface area contributed by atoms with E-state index in [1.807, 2.05) is 32.0 Å². The molecule has 2 nitrogen and oxygen atoms in total. The smallest absolute Gasteiger partial charge is 0.132 e. The standard InChI is InChI=1S/C17H20FNO/c1-4-19(14-7-5-6-12(2)10-14)13(3)16-9-8-15(20)11-17(16)18/h5-11,13,20H,4H2,1-3H3. The summed E-state index contributed by atoms with van der Waals surface area (Å²) >= 11 is 0. The van der Waals surface area contributed by atoms with Crippen molar-refractivity contribution in [2.45, 2.75) is 26.8 Å². The van der Waals surface area contributed by atoms with E-state index in [2.05, 4.69) is 17.9 Å². The summed E-state index contributed by atoms with van der Waals surface area (Å²) in [4.78, 5) is 2.14. The molecule has 0 heterocycles. The van der Waals surface area contributed by atoms with Crippen LogP contribution in [0.2, 0.25) is 0 Å². The Bertz CT molecular complexity index is 597. The van der Waals surface area contributed by atoms with E-state index >= 15 is 0 Å². The van der Waals surface area contributed by atoms with E-state index in [0.29, 0.717) is 5.56 Å². The molecule has 0 aliphatic heterocycles. The van der Waals surface area contributed by atoms with E-state index in [-0.39, 0.29) is 17.6 Å². The van der Waals surface area contributed by atoms with Gasteiger partial charge in [-0.05, 0) is 44.5 Å². The molecule has 0 radical (unpaired) electrons. The van der Waals surface area contributed by atoms with Crippen LogP contribution in [-0.2, 0) is 0 Å². The Hall–Kier alpha value is -2.03. The molecule has 2 aromatic rings. The maximum Gasteiger partial charge on any atom is 0.132 e. The fourth-order valence-electron chi connectivity index (χ4n) is 2.51. The van der Waals surface area contributed by atoms with Gasteiger partial charge in [-0.3, -0.25) is 0 Å². The molecule has 0 bridgehead atoms. The van der Waals surface area contributed by atoms with Crippen LogP contribution in [0.3, 0.4) is 0 Å². The van der Waals surface area contributed by atoms with Gasteiger partial charge in [-0.2, -0.15) is 0 Å². The van der Waals surface area contributed by atoms with Gasteiger partial charge in [0.1, 0.15) is 11.6 Å². The van der Waals surface area contributed by atoms with Crippen molar-refractivity contribution in [2.24, 2.45) is 0 Å². The zero-order valence-corrected chi connectivity index (χ0v) is 12.1. The number of hydrogen-bond donors (Lipinski definition) is 1. The number of benzene rings is 2. The Morgan fingerprint density at radius 2 is 1.95 bits per heavy atom. The van der Waals surface area contributed by atoms with Crippen molar-refractivity contribution < 1.29 is 9.50 Å². The van der Waals surface area contributed by atoms with Gasteiger partial charge in [0.25, 0.3) is 0 Å². The zero-order valence-electron chi connectivity index (χ0n) is 12.1. The molecule has 1 atom stereocenters. The minimum atomic E-state index is -0.372. The number of nitrogens with zero attached hydrogens (tertiary/aromatic N) is 1. The summed E-state index contributed by atoms with van der Waals surface area (Å²) < 4.78 is 14.0. The van der Waals surface area contributed by atoms with Crippen molar-refractivity contribution >= 4 is 5.69 Å². The van der Waals surface area contributed by atoms with Gasteiger partial charge in [0.05, 0.1) is 6.04 Å². The minimum absolute atomic E-state index is 0.0444. The van der Waals surface area contributed by atoms with Crippen LogP contribution in [0.4, 0.5) is 10.1 Å². The highest BCUT2D eigenvalue weighted by atomic mass is 19.1. The van der Waals surface area contributed by atoms with Crippen molar-refractivity contribution in [3.63, 3.8) is 0 Å². The van der Waals surface area contributed by atoms with Crippen molar-refractivity contribution in [1.82, 2.24) is 0 Å². The molecule has 3 heteroatoms. The van der Waals surface area contributed by atoms with Crippen LogP contribution in [-0.4, -0.2) is 11.7 Å². The molecule has 106 valence electrons. The largest absolute Gasteiger partial charge is 0.508 e. The van der Waals surface area contributed by atoms with Gasteiger partial charge in [-0.1, -0.05) is 18.2 Å². The van der Waals surface area contributed by atoms with Crippen LogP contribution in [0.5, 0.6) is 5.75 Å². The molecular formula is C17H20FNO. The highest BCUT2D eigenvalue weighted by Gasteiger charge is 2.18. The quantitative estimate of drug-likeness (QED) is 0.891. The molecular weight excluding hydrogens is 253 g/mol. The fourth-order valence-corrected chi connectivity index (χ4v) is 2.51. The molecule has 0 amide bonds. The van der Waals surface area contributed by atoms with Crippen molar-refractivity contribution in [3.05, 3.63) is 59.4 Å². The van der Waals surface area contributed by atoms with Crippen LogP contribution < -0.4 is 4.90 Å². The summed E-state index contributed by atoms with van der Waals surface area (Å²) in [5, 5.41) is 9.31. The molecule has 2 rings (SSSR count). The molecule has 0 aliphatic rings. The molecule has 0 aliphatic carbocycles. The Morgan fingerprint density at radius 1 is 1.20 bits per heavy atom. The lowest BCUT2D eigenvalue weighted by Crippen LogP contribution is -2.27. The predicted molar refractivity (Wildman–Crippen MR) is 80.7 cm³/mol. The van der Waals surface area contributed by atoms with Gasteiger partial charge in [0, 0.05) is 23.9 Å². The summed E-state index contributed by atoms with van der Waals surface area (Å²) in [5.74, 6) is -0.416. The lowest BCUT2D eigenvalue weighted by molar-refractivity contribution is 0.466. The molecule has 2 aromatic carbocycles. The SMILES string of the molecule is CCN(c1cccc(C)c1)C(C)c1ccc(O)cc1F. The highest BCUT2D eigenvalue weighted by molar-refractivity contribution is 5.50. The minimum Gasteiger partial charge on any atom is -0.508 e. The lowest BCUT2D eigenvalue weighted by atomic mass is 10.0. The van der Waals surface area contributed by atoms with E-state index in [0.717, 1.165) is 18.3 Å². The van der Waals surface area contributed by atoms with Crippen LogP contribution in [0.1, 0.15) is 31.0 Å². The van der Waals surface area contributed by atoms with E-state index in [1.54, 1.807) is 6.07 Å². The van der Waals surface area contributed by atoms with Crippen LogP contribution in [0.25, 0.3) is 0 Å². The Balaban J connectivity index is 2.36. The van der Waals surface area contributed by atoms with Gasteiger partial charge < -0.3 is 10.0 Å². The van der Waals surface area contributed by atoms with Crippen LogP contribution in [0, 0.1) is 12.7 Å². The number of hydrogen-bond acceptors (Lipinski definition) is 2. The second-order valence-corrected chi connectivity index (χ2v) is 5.01. The first-order chi connectivity index (χ1) is 9.52. The third-order valence-corrected chi connectivity index (χ3v) is 3.58. The summed E-state index contributed by atoms with van der Waals surface area (Å²) in [6.07, 6.45) is 0. The normalized spacial score (nSPS) is 12.2. The van der Waals surface area contributed by atoms with Crippen molar-refractivity contribution in [2.75, 3.05) is 11.4 Å². The lowest BCUT2D eigenvalue weighted by Gasteiger charge is -2.31. The van der Waals surface area contributed by atoms with Gasteiger partial charge in [-0.15, -0.1) is 0 Å². The first-order valence-electron chi connectivity index (χ1n) is 6.84. The maximum absolute atomic E-state index is 14.0. The highest BCUT2D eigenvalue weighted by Crippen LogP contribution is 2.30. The second-order valence-electron chi connectivity index (χ2n) is 5.01. The molecule has 0 saturated carbocycles. The number of phenolic OH excluding ortho intramolecular Hbond substituents is 1.